The Balaban J connectivity index is 1.63. The standard InChI is InChI=1S/C21H18N2O4/c1-13-8-9-14(11-16(13)23-10-4-7-20(23)25)22-21(26)19-12-17(24)15-5-2-3-6-18(15)27-19/h2-3,5-6,8-9,11-12H,4,7,10H2,1H3,(H,22,26). The fraction of sp³-hybridized carbons (Fsp3) is 0.190. The summed E-state index contributed by atoms with van der Waals surface area (Å²) in [6.07, 6.45) is 1.37. The van der Waals surface area contributed by atoms with Crippen LogP contribution in [0.2, 0.25) is 0 Å². The molecule has 2 aromatic carbocycles. The molecule has 6 nitrogen and oxygen atoms in total. The highest BCUT2D eigenvalue weighted by Crippen LogP contribution is 2.28. The smallest absolute Gasteiger partial charge is 0.291 e. The number of fused-ring (bicyclic) bond motifs is 1. The predicted molar refractivity (Wildman–Crippen MR) is 103 cm³/mol. The quantitative estimate of drug-likeness (QED) is 0.774. The van der Waals surface area contributed by atoms with Crippen LogP contribution in [0.1, 0.15) is 29.0 Å². The van der Waals surface area contributed by atoms with E-state index in [0.29, 0.717) is 29.6 Å². The van der Waals surface area contributed by atoms with Crippen LogP contribution in [0.5, 0.6) is 0 Å². The zero-order chi connectivity index (χ0) is 19.0. The molecule has 0 bridgehead atoms. The first kappa shape index (κ1) is 17.0. The lowest BCUT2D eigenvalue weighted by Crippen LogP contribution is -2.24. The summed E-state index contributed by atoms with van der Waals surface area (Å²) in [5.41, 5.74) is 2.38. The van der Waals surface area contributed by atoms with Crippen LogP contribution in [0.4, 0.5) is 11.4 Å². The molecule has 1 fully saturated rings. The topological polar surface area (TPSA) is 79.6 Å². The molecule has 1 aliphatic heterocycles. The largest absolute Gasteiger partial charge is 0.451 e. The number of para-hydroxylation sites is 1. The van der Waals surface area contributed by atoms with Crippen molar-refractivity contribution in [2.45, 2.75) is 19.8 Å². The van der Waals surface area contributed by atoms with Crippen molar-refractivity contribution in [2.75, 3.05) is 16.8 Å². The molecule has 3 aromatic rings. The highest BCUT2D eigenvalue weighted by atomic mass is 16.3. The van der Waals surface area contributed by atoms with Crippen molar-refractivity contribution in [1.82, 2.24) is 0 Å². The highest BCUT2D eigenvalue weighted by molar-refractivity contribution is 6.04. The maximum absolute atomic E-state index is 12.6. The minimum atomic E-state index is -0.514. The van der Waals surface area contributed by atoms with Crippen molar-refractivity contribution in [3.63, 3.8) is 0 Å². The monoisotopic (exact) mass is 362 g/mol. The van der Waals surface area contributed by atoms with E-state index in [2.05, 4.69) is 5.32 Å². The van der Waals surface area contributed by atoms with Crippen LogP contribution in [0.15, 0.2) is 57.7 Å². The molecule has 6 heteroatoms. The lowest BCUT2D eigenvalue weighted by molar-refractivity contribution is -0.117. The van der Waals surface area contributed by atoms with Gasteiger partial charge in [0.15, 0.2) is 11.2 Å². The first-order chi connectivity index (χ1) is 13.0. The molecule has 1 saturated heterocycles. The zero-order valence-electron chi connectivity index (χ0n) is 14.8. The second-order valence-corrected chi connectivity index (χ2v) is 6.58. The van der Waals surface area contributed by atoms with Gasteiger partial charge in [0.2, 0.25) is 5.91 Å². The van der Waals surface area contributed by atoms with Crippen LogP contribution >= 0.6 is 0 Å². The van der Waals surface area contributed by atoms with Crippen LogP contribution in [-0.2, 0) is 4.79 Å². The molecule has 27 heavy (non-hydrogen) atoms. The van der Waals surface area contributed by atoms with Gasteiger partial charge >= 0.3 is 0 Å². The normalized spacial score (nSPS) is 14.0. The van der Waals surface area contributed by atoms with E-state index in [0.717, 1.165) is 17.7 Å². The van der Waals surface area contributed by atoms with E-state index in [1.54, 1.807) is 41.3 Å². The number of nitrogens with zero attached hydrogens (tertiary/aromatic N) is 1. The van der Waals surface area contributed by atoms with E-state index < -0.39 is 5.91 Å². The molecule has 0 spiro atoms. The van der Waals surface area contributed by atoms with Crippen LogP contribution in [0, 0.1) is 6.92 Å². The van der Waals surface area contributed by atoms with Gasteiger partial charge in [0.1, 0.15) is 5.58 Å². The maximum atomic E-state index is 12.6. The van der Waals surface area contributed by atoms with Crippen molar-refractivity contribution < 1.29 is 14.0 Å². The molecule has 136 valence electrons. The summed E-state index contributed by atoms with van der Waals surface area (Å²) >= 11 is 0. The fourth-order valence-corrected chi connectivity index (χ4v) is 3.29. The molecular weight excluding hydrogens is 344 g/mol. The molecule has 4 rings (SSSR count). The Hall–Kier alpha value is -3.41. The molecule has 1 aliphatic rings. The summed E-state index contributed by atoms with van der Waals surface area (Å²) in [6.45, 7) is 2.60. The number of rotatable bonds is 3. The highest BCUT2D eigenvalue weighted by Gasteiger charge is 2.23. The minimum Gasteiger partial charge on any atom is -0.451 e. The second-order valence-electron chi connectivity index (χ2n) is 6.58. The molecular formula is C21H18N2O4. The van der Waals surface area contributed by atoms with Gasteiger partial charge in [-0.05, 0) is 43.2 Å². The van der Waals surface area contributed by atoms with Gasteiger partial charge in [-0.2, -0.15) is 0 Å². The Morgan fingerprint density at radius 1 is 1.11 bits per heavy atom. The Morgan fingerprint density at radius 2 is 1.93 bits per heavy atom. The van der Waals surface area contributed by atoms with Crippen LogP contribution in [-0.4, -0.2) is 18.4 Å². The van der Waals surface area contributed by atoms with Gasteiger partial charge < -0.3 is 14.6 Å². The van der Waals surface area contributed by atoms with Gasteiger partial charge in [0.05, 0.1) is 5.39 Å². The van der Waals surface area contributed by atoms with Crippen LogP contribution in [0.25, 0.3) is 11.0 Å². The number of amides is 2. The lowest BCUT2D eigenvalue weighted by Gasteiger charge is -2.19. The van der Waals surface area contributed by atoms with Crippen LogP contribution in [0.3, 0.4) is 0 Å². The average Bonchev–Trinajstić information content (AvgIpc) is 3.09. The number of carbonyl (C=O) groups is 2. The van der Waals surface area contributed by atoms with Gasteiger partial charge in [0.25, 0.3) is 5.91 Å². The number of nitrogens with one attached hydrogen (secondary N) is 1. The molecule has 2 heterocycles. The van der Waals surface area contributed by atoms with Gasteiger partial charge in [-0.25, -0.2) is 0 Å². The maximum Gasteiger partial charge on any atom is 0.291 e. The Bertz CT molecular complexity index is 1120. The first-order valence-corrected chi connectivity index (χ1v) is 8.78. The van der Waals surface area contributed by atoms with Crippen molar-refractivity contribution in [1.29, 1.82) is 0 Å². The van der Waals surface area contributed by atoms with E-state index in [1.807, 2.05) is 13.0 Å². The molecule has 0 radical (unpaired) electrons. The third-order valence-electron chi connectivity index (χ3n) is 4.69. The van der Waals surface area contributed by atoms with E-state index in [4.69, 9.17) is 4.42 Å². The summed E-state index contributed by atoms with van der Waals surface area (Å²) in [4.78, 5) is 38.5. The molecule has 1 aromatic heterocycles. The summed E-state index contributed by atoms with van der Waals surface area (Å²) in [6, 6.07) is 13.4. The average molecular weight is 362 g/mol. The van der Waals surface area contributed by atoms with Crippen molar-refractivity contribution in [3.05, 3.63) is 70.1 Å². The minimum absolute atomic E-state index is 0.0573. The number of hydrogen-bond donors (Lipinski definition) is 1. The molecule has 0 saturated carbocycles. The number of benzene rings is 2. The number of carbonyl (C=O) groups excluding carboxylic acids is 2. The van der Waals surface area contributed by atoms with E-state index in [1.165, 1.54) is 6.07 Å². The van der Waals surface area contributed by atoms with Crippen molar-refractivity contribution in [2.24, 2.45) is 0 Å². The van der Waals surface area contributed by atoms with Crippen molar-refractivity contribution >= 4 is 34.2 Å². The molecule has 2 amide bonds. The number of aryl methyl sites for hydroxylation is 1. The Kier molecular flexibility index (Phi) is 4.24. The summed E-state index contributed by atoms with van der Waals surface area (Å²) < 4.78 is 5.57. The number of hydrogen-bond acceptors (Lipinski definition) is 4. The predicted octanol–water partition coefficient (Wildman–Crippen LogP) is 3.48. The Morgan fingerprint density at radius 3 is 2.70 bits per heavy atom. The third kappa shape index (κ3) is 3.21. The van der Waals surface area contributed by atoms with Crippen LogP contribution < -0.4 is 15.6 Å². The van der Waals surface area contributed by atoms with E-state index in [-0.39, 0.29) is 17.1 Å². The molecule has 0 unspecified atom stereocenters. The van der Waals surface area contributed by atoms with Gasteiger partial charge in [-0.15, -0.1) is 0 Å². The SMILES string of the molecule is Cc1ccc(NC(=O)c2cc(=O)c3ccccc3o2)cc1N1CCCC1=O. The Labute approximate surface area is 155 Å². The summed E-state index contributed by atoms with van der Waals surface area (Å²) in [7, 11) is 0. The van der Waals surface area contributed by atoms with Gasteiger partial charge in [0, 0.05) is 30.4 Å². The lowest BCUT2D eigenvalue weighted by atomic mass is 10.1. The zero-order valence-corrected chi connectivity index (χ0v) is 14.8. The van der Waals surface area contributed by atoms with E-state index >= 15 is 0 Å². The molecule has 0 atom stereocenters. The van der Waals surface area contributed by atoms with Gasteiger partial charge in [-0.1, -0.05) is 18.2 Å². The fourth-order valence-electron chi connectivity index (χ4n) is 3.29. The first-order valence-electron chi connectivity index (χ1n) is 8.78. The molecule has 1 N–H and O–H groups in total. The second kappa shape index (κ2) is 6.72. The van der Waals surface area contributed by atoms with Gasteiger partial charge in [-0.3, -0.25) is 14.4 Å². The summed E-state index contributed by atoms with van der Waals surface area (Å²) in [5, 5.41) is 3.18. The summed E-state index contributed by atoms with van der Waals surface area (Å²) in [5.74, 6) is -0.486. The molecule has 0 aliphatic carbocycles. The van der Waals surface area contributed by atoms with E-state index in [9.17, 15) is 14.4 Å². The number of anilines is 2. The third-order valence-corrected chi connectivity index (χ3v) is 4.69. The van der Waals surface area contributed by atoms with Crippen molar-refractivity contribution in [3.8, 4) is 0 Å².